The number of hydrogen-bond donors (Lipinski definition) is 0. The quantitative estimate of drug-likeness (QED) is 0.583. The molecule has 0 bridgehead atoms. The second kappa shape index (κ2) is 5.57. The minimum Gasteiger partial charge on any atom is -0.497 e. The second-order valence-corrected chi connectivity index (χ2v) is 1.39. The Bertz CT molecular complexity index is 183. The number of pyridine rings is 1. The van der Waals surface area contributed by atoms with Crippen LogP contribution in [0.1, 0.15) is 0 Å². The van der Waals surface area contributed by atoms with E-state index >= 15 is 0 Å². The van der Waals surface area contributed by atoms with Crippen LogP contribution in [0.2, 0.25) is 0 Å². The predicted molar refractivity (Wildman–Crippen MR) is 37.5 cm³/mol. The lowest BCUT2D eigenvalue weighted by Crippen LogP contribution is -1.80. The molecule has 1 aromatic rings. The van der Waals surface area contributed by atoms with Crippen LogP contribution >= 0.6 is 0 Å². The summed E-state index contributed by atoms with van der Waals surface area (Å²) in [5.41, 5.74) is 0. The van der Waals surface area contributed by atoms with Gasteiger partial charge in [-0.25, -0.2) is 5.26 Å². The maximum absolute atomic E-state index is 6.50. The fourth-order valence-electron chi connectivity index (χ4n) is 0.474. The number of aromatic nitrogens is 1. The zero-order chi connectivity index (χ0) is 7.82. The molecule has 1 heterocycles. The van der Waals surface area contributed by atoms with E-state index in [1.54, 1.807) is 31.6 Å². The Kier molecular flexibility index (Phi) is 4.70. The van der Waals surface area contributed by atoms with E-state index in [1.807, 2.05) is 0 Å². The molecule has 52 valence electrons. The summed E-state index contributed by atoms with van der Waals surface area (Å²) in [4.78, 5) is 3.81. The lowest BCUT2D eigenvalue weighted by Gasteiger charge is -1.93. The van der Waals surface area contributed by atoms with Crippen molar-refractivity contribution in [3.05, 3.63) is 24.5 Å². The maximum atomic E-state index is 6.50. The van der Waals surface area contributed by atoms with E-state index in [-0.39, 0.29) is 0 Å². The van der Waals surface area contributed by atoms with Gasteiger partial charge in [0.05, 0.1) is 7.11 Å². The van der Waals surface area contributed by atoms with Gasteiger partial charge in [0.25, 0.3) is 0 Å². The van der Waals surface area contributed by atoms with E-state index in [0.29, 0.717) is 0 Å². The van der Waals surface area contributed by atoms with Crippen molar-refractivity contribution >= 4 is 0 Å². The van der Waals surface area contributed by atoms with Crippen molar-refractivity contribution in [3.8, 4) is 12.3 Å². The van der Waals surface area contributed by atoms with Gasteiger partial charge in [-0.15, -0.1) is 0 Å². The normalized spacial score (nSPS) is 7.10. The highest BCUT2D eigenvalue weighted by Crippen LogP contribution is 2.03. The van der Waals surface area contributed by atoms with E-state index in [2.05, 4.69) is 11.6 Å². The minimum atomic E-state index is 0.847. The van der Waals surface area contributed by atoms with Crippen LogP contribution in [0.25, 0.3) is 0 Å². The topological polar surface area (TPSA) is 45.9 Å². The van der Waals surface area contributed by atoms with Gasteiger partial charge in [0.15, 0.2) is 0 Å². The fourth-order valence-corrected chi connectivity index (χ4v) is 0.474. The van der Waals surface area contributed by atoms with E-state index in [0.717, 1.165) is 5.75 Å². The lowest BCUT2D eigenvalue weighted by molar-refractivity contribution is 0.414. The molecule has 0 aliphatic rings. The molecule has 3 nitrogen and oxygen atoms in total. The van der Waals surface area contributed by atoms with Gasteiger partial charge in [-0.3, -0.25) is 4.98 Å². The maximum Gasteiger partial charge on any atom is 0.121 e. The first-order valence-electron chi connectivity index (χ1n) is 2.63. The largest absolute Gasteiger partial charge is 0.497 e. The first-order chi connectivity index (χ1) is 4.93. The minimum absolute atomic E-state index is 0.847. The summed E-state index contributed by atoms with van der Waals surface area (Å²) in [5, 5.41) is 6.50. The Labute approximate surface area is 59.9 Å². The van der Waals surface area contributed by atoms with E-state index in [9.17, 15) is 0 Å². The number of nitrogens with zero attached hydrogens (tertiary/aromatic N) is 2. The second-order valence-electron chi connectivity index (χ2n) is 1.39. The molecule has 0 saturated heterocycles. The average molecular weight is 136 g/mol. The van der Waals surface area contributed by atoms with Crippen molar-refractivity contribution in [3.63, 3.8) is 0 Å². The molecule has 0 aromatic carbocycles. The van der Waals surface area contributed by atoms with Crippen LogP contribution in [0.4, 0.5) is 0 Å². The van der Waals surface area contributed by atoms with E-state index in [1.165, 1.54) is 0 Å². The van der Waals surface area contributed by atoms with Crippen molar-refractivity contribution in [2.24, 2.45) is 0 Å². The van der Waals surface area contributed by atoms with Crippen LogP contribution in [0.5, 0.6) is 5.75 Å². The average Bonchev–Trinajstić information content (AvgIpc) is 2.10. The molecule has 0 spiro atoms. The summed E-state index contributed by atoms with van der Waals surface area (Å²) in [7, 11) is 1.63. The molecule has 0 aliphatic carbocycles. The number of rotatable bonds is 1. The smallest absolute Gasteiger partial charge is 0.121 e. The Morgan fingerprint density at radius 2 is 1.90 bits per heavy atom. The third-order valence-corrected chi connectivity index (χ3v) is 0.885. The van der Waals surface area contributed by atoms with Crippen LogP contribution in [0, 0.1) is 11.8 Å². The molecule has 3 heteroatoms. The summed E-state index contributed by atoms with van der Waals surface area (Å²) >= 11 is 0. The molecule has 0 amide bonds. The van der Waals surface area contributed by atoms with Gasteiger partial charge in [0.2, 0.25) is 0 Å². The standard InChI is InChI=1S/C6H7NO.CHN/c1-8-6-2-4-7-5-3-6;1-2/h2-5H,1H3;1H. The Balaban J connectivity index is 0.000000371. The highest BCUT2D eigenvalue weighted by atomic mass is 16.5. The van der Waals surface area contributed by atoms with Gasteiger partial charge in [-0.05, 0) is 12.1 Å². The SMILES string of the molecule is C#N.COc1ccncc1. The molecule has 10 heavy (non-hydrogen) atoms. The third kappa shape index (κ3) is 2.68. The van der Waals surface area contributed by atoms with Crippen LogP contribution in [-0.4, -0.2) is 12.1 Å². The highest BCUT2D eigenvalue weighted by Gasteiger charge is 1.81. The van der Waals surface area contributed by atoms with E-state index < -0.39 is 0 Å². The van der Waals surface area contributed by atoms with Crippen LogP contribution in [-0.2, 0) is 0 Å². The number of nitriles is 1. The monoisotopic (exact) mass is 136 g/mol. The number of methoxy groups -OCH3 is 1. The number of ether oxygens (including phenoxy) is 1. The van der Waals surface area contributed by atoms with Crippen LogP contribution < -0.4 is 4.74 Å². The fraction of sp³-hybridized carbons (Fsp3) is 0.143. The molecule has 0 saturated carbocycles. The lowest BCUT2D eigenvalue weighted by atomic mass is 10.5. The molecule has 0 aliphatic heterocycles. The molecule has 0 unspecified atom stereocenters. The number of hydrogen-bond acceptors (Lipinski definition) is 3. The Morgan fingerprint density at radius 3 is 2.20 bits per heavy atom. The van der Waals surface area contributed by atoms with Gasteiger partial charge < -0.3 is 4.74 Å². The molecular weight excluding hydrogens is 128 g/mol. The molecule has 0 radical (unpaired) electrons. The third-order valence-electron chi connectivity index (χ3n) is 0.885. The van der Waals surface area contributed by atoms with Gasteiger partial charge in [0, 0.05) is 19.0 Å². The first-order valence-corrected chi connectivity index (χ1v) is 2.63. The summed E-state index contributed by atoms with van der Waals surface area (Å²) in [6.07, 6.45) is 3.39. The van der Waals surface area contributed by atoms with Gasteiger partial charge in [-0.2, -0.15) is 0 Å². The van der Waals surface area contributed by atoms with Gasteiger partial charge in [0.1, 0.15) is 5.75 Å². The summed E-state index contributed by atoms with van der Waals surface area (Å²) in [5.74, 6) is 0.847. The summed E-state index contributed by atoms with van der Waals surface area (Å²) in [6.45, 7) is 3.50. The zero-order valence-electron chi connectivity index (χ0n) is 5.69. The first kappa shape index (κ1) is 8.44. The molecule has 0 fully saturated rings. The zero-order valence-corrected chi connectivity index (χ0v) is 5.69. The van der Waals surface area contributed by atoms with Crippen molar-refractivity contribution < 1.29 is 4.74 Å². The Morgan fingerprint density at radius 1 is 1.40 bits per heavy atom. The molecular formula is C7H8N2O. The molecule has 1 rings (SSSR count). The molecule has 0 atom stereocenters. The van der Waals surface area contributed by atoms with E-state index in [4.69, 9.17) is 10.00 Å². The van der Waals surface area contributed by atoms with Crippen molar-refractivity contribution in [1.82, 2.24) is 4.98 Å². The van der Waals surface area contributed by atoms with Crippen molar-refractivity contribution in [2.45, 2.75) is 0 Å². The van der Waals surface area contributed by atoms with Crippen LogP contribution in [0.15, 0.2) is 24.5 Å². The van der Waals surface area contributed by atoms with Crippen molar-refractivity contribution in [2.75, 3.05) is 7.11 Å². The van der Waals surface area contributed by atoms with Gasteiger partial charge >= 0.3 is 0 Å². The van der Waals surface area contributed by atoms with Crippen LogP contribution in [0.3, 0.4) is 0 Å². The summed E-state index contributed by atoms with van der Waals surface area (Å²) < 4.78 is 4.87. The summed E-state index contributed by atoms with van der Waals surface area (Å²) in [6, 6.07) is 3.61. The van der Waals surface area contributed by atoms with Gasteiger partial charge in [-0.1, -0.05) is 0 Å². The molecule has 0 N–H and O–H groups in total. The Hall–Kier alpha value is -1.56. The molecule has 1 aromatic heterocycles. The highest BCUT2D eigenvalue weighted by molar-refractivity contribution is 5.16. The predicted octanol–water partition coefficient (Wildman–Crippen LogP) is 1.23. The van der Waals surface area contributed by atoms with Crippen molar-refractivity contribution in [1.29, 1.82) is 5.26 Å².